The summed E-state index contributed by atoms with van der Waals surface area (Å²) in [6.07, 6.45) is 0.593. The van der Waals surface area contributed by atoms with Crippen LogP contribution < -0.4 is 10.1 Å². The number of nitrogens with zero attached hydrogens (tertiary/aromatic N) is 1. The minimum Gasteiger partial charge on any atom is -0.491 e. The molecule has 138 valence electrons. The molecule has 0 aromatic heterocycles. The second-order valence-electron chi connectivity index (χ2n) is 6.18. The highest BCUT2D eigenvalue weighted by Crippen LogP contribution is 2.23. The Morgan fingerprint density at radius 2 is 1.92 bits per heavy atom. The van der Waals surface area contributed by atoms with Crippen LogP contribution in [0.1, 0.15) is 26.7 Å². The molecular formula is C18H25ClN2O4. The summed E-state index contributed by atoms with van der Waals surface area (Å²) in [7, 11) is 0. The van der Waals surface area contributed by atoms with Gasteiger partial charge in [0.25, 0.3) is 0 Å². The molecule has 1 aromatic carbocycles. The fourth-order valence-corrected chi connectivity index (χ4v) is 2.94. The van der Waals surface area contributed by atoms with Crippen LogP contribution >= 0.6 is 11.6 Å². The van der Waals surface area contributed by atoms with E-state index < -0.39 is 0 Å². The van der Waals surface area contributed by atoms with Gasteiger partial charge in [0, 0.05) is 26.1 Å². The molecule has 2 atom stereocenters. The third kappa shape index (κ3) is 6.55. The molecule has 1 aliphatic heterocycles. The number of benzene rings is 1. The van der Waals surface area contributed by atoms with Crippen molar-refractivity contribution in [2.24, 2.45) is 0 Å². The molecule has 0 aliphatic carbocycles. The molecule has 0 bridgehead atoms. The van der Waals surface area contributed by atoms with E-state index in [1.54, 1.807) is 17.0 Å². The van der Waals surface area contributed by atoms with Crippen molar-refractivity contribution in [1.29, 1.82) is 0 Å². The molecule has 1 aliphatic rings. The number of rotatable bonds is 7. The van der Waals surface area contributed by atoms with E-state index >= 15 is 0 Å². The van der Waals surface area contributed by atoms with E-state index in [1.807, 2.05) is 26.0 Å². The van der Waals surface area contributed by atoms with Crippen molar-refractivity contribution < 1.29 is 19.1 Å². The van der Waals surface area contributed by atoms with Crippen LogP contribution in [-0.2, 0) is 14.3 Å². The Bertz CT molecular complexity index is 586. The Kier molecular flexibility index (Phi) is 7.52. The van der Waals surface area contributed by atoms with Crippen LogP contribution in [0, 0.1) is 0 Å². The van der Waals surface area contributed by atoms with Gasteiger partial charge in [-0.1, -0.05) is 23.7 Å². The molecule has 1 fully saturated rings. The number of ether oxygens (including phenoxy) is 2. The minimum atomic E-state index is -0.149. The Labute approximate surface area is 153 Å². The van der Waals surface area contributed by atoms with E-state index in [0.29, 0.717) is 30.4 Å². The monoisotopic (exact) mass is 368 g/mol. The van der Waals surface area contributed by atoms with E-state index in [-0.39, 0.29) is 43.5 Å². The van der Waals surface area contributed by atoms with Gasteiger partial charge in [-0.3, -0.25) is 9.59 Å². The number of nitrogens with one attached hydrogen (secondary N) is 1. The van der Waals surface area contributed by atoms with E-state index in [2.05, 4.69) is 5.32 Å². The summed E-state index contributed by atoms with van der Waals surface area (Å²) in [5.41, 5.74) is 0. The predicted octanol–water partition coefficient (Wildman–Crippen LogP) is 2.25. The number of carbonyl (C=O) groups excluding carboxylic acids is 2. The number of halogens is 1. The van der Waals surface area contributed by atoms with E-state index in [0.717, 1.165) is 0 Å². The highest BCUT2D eigenvalue weighted by atomic mass is 35.5. The Morgan fingerprint density at radius 1 is 1.24 bits per heavy atom. The summed E-state index contributed by atoms with van der Waals surface area (Å²) in [6.45, 7) is 5.67. The Balaban J connectivity index is 1.62. The van der Waals surface area contributed by atoms with Crippen LogP contribution in [0.25, 0.3) is 0 Å². The summed E-state index contributed by atoms with van der Waals surface area (Å²) < 4.78 is 11.1. The summed E-state index contributed by atoms with van der Waals surface area (Å²) in [6, 6.07) is 7.12. The van der Waals surface area contributed by atoms with Gasteiger partial charge in [-0.25, -0.2) is 0 Å². The molecule has 1 N–H and O–H groups in total. The highest BCUT2D eigenvalue weighted by molar-refractivity contribution is 6.32. The summed E-state index contributed by atoms with van der Waals surface area (Å²) in [5, 5.41) is 3.26. The zero-order valence-corrected chi connectivity index (χ0v) is 15.4. The van der Waals surface area contributed by atoms with Crippen molar-refractivity contribution in [3.8, 4) is 5.75 Å². The Morgan fingerprint density at radius 3 is 2.60 bits per heavy atom. The van der Waals surface area contributed by atoms with E-state index in [1.165, 1.54) is 0 Å². The zero-order valence-electron chi connectivity index (χ0n) is 14.7. The smallest absolute Gasteiger partial charge is 0.224 e. The van der Waals surface area contributed by atoms with Crippen molar-refractivity contribution >= 4 is 23.4 Å². The normalized spacial score (nSPS) is 20.2. The fraction of sp³-hybridized carbons (Fsp3) is 0.556. The lowest BCUT2D eigenvalue weighted by molar-refractivity contribution is -0.143. The molecule has 1 heterocycles. The number of hydrogen-bond acceptors (Lipinski definition) is 4. The average Bonchev–Trinajstić information content (AvgIpc) is 2.55. The van der Waals surface area contributed by atoms with Crippen LogP contribution in [-0.4, -0.2) is 55.2 Å². The first kappa shape index (κ1) is 19.5. The van der Waals surface area contributed by atoms with Crippen LogP contribution in [0.5, 0.6) is 5.75 Å². The maximum Gasteiger partial charge on any atom is 0.224 e. The average molecular weight is 369 g/mol. The van der Waals surface area contributed by atoms with E-state index in [4.69, 9.17) is 21.1 Å². The lowest BCUT2D eigenvalue weighted by atomic mass is 10.2. The first-order chi connectivity index (χ1) is 12.0. The largest absolute Gasteiger partial charge is 0.491 e. The number of carbonyl (C=O) groups is 2. The minimum absolute atomic E-state index is 0.0367. The quantitative estimate of drug-likeness (QED) is 0.801. The van der Waals surface area contributed by atoms with Gasteiger partial charge in [0.1, 0.15) is 5.75 Å². The summed E-state index contributed by atoms with van der Waals surface area (Å²) in [4.78, 5) is 25.8. The van der Waals surface area contributed by atoms with Gasteiger partial charge in [0.15, 0.2) is 0 Å². The molecule has 1 saturated heterocycles. The Hall–Kier alpha value is -1.79. The zero-order chi connectivity index (χ0) is 18.2. The van der Waals surface area contributed by atoms with Crippen molar-refractivity contribution in [3.05, 3.63) is 29.3 Å². The topological polar surface area (TPSA) is 67.9 Å². The van der Waals surface area contributed by atoms with Crippen LogP contribution in [0.4, 0.5) is 0 Å². The van der Waals surface area contributed by atoms with Crippen molar-refractivity contribution in [1.82, 2.24) is 10.2 Å². The van der Waals surface area contributed by atoms with Gasteiger partial charge < -0.3 is 19.7 Å². The first-order valence-electron chi connectivity index (χ1n) is 8.53. The molecule has 2 rings (SSSR count). The van der Waals surface area contributed by atoms with Gasteiger partial charge in [-0.2, -0.15) is 0 Å². The molecule has 0 spiro atoms. The first-order valence-corrected chi connectivity index (χ1v) is 8.90. The number of hydrogen-bond donors (Lipinski definition) is 1. The van der Waals surface area contributed by atoms with Gasteiger partial charge in [-0.05, 0) is 26.0 Å². The SMILES string of the molecule is CC1CN(C(=O)CCNC(=O)CCOc2ccccc2Cl)CC(C)O1. The lowest BCUT2D eigenvalue weighted by Gasteiger charge is -2.35. The molecule has 7 heteroatoms. The highest BCUT2D eigenvalue weighted by Gasteiger charge is 2.25. The molecule has 0 saturated carbocycles. The third-order valence-electron chi connectivity index (χ3n) is 3.86. The molecule has 2 amide bonds. The summed E-state index contributed by atoms with van der Waals surface area (Å²) in [5.74, 6) is 0.445. The van der Waals surface area contributed by atoms with Gasteiger partial charge in [0.05, 0.1) is 30.3 Å². The molecule has 25 heavy (non-hydrogen) atoms. The molecule has 2 unspecified atom stereocenters. The van der Waals surface area contributed by atoms with Crippen LogP contribution in [0.15, 0.2) is 24.3 Å². The van der Waals surface area contributed by atoms with Gasteiger partial charge in [0.2, 0.25) is 11.8 Å². The predicted molar refractivity (Wildman–Crippen MR) is 95.8 cm³/mol. The van der Waals surface area contributed by atoms with E-state index in [9.17, 15) is 9.59 Å². The maximum absolute atomic E-state index is 12.2. The summed E-state index contributed by atoms with van der Waals surface area (Å²) >= 11 is 5.98. The molecular weight excluding hydrogens is 344 g/mol. The van der Waals surface area contributed by atoms with Gasteiger partial charge >= 0.3 is 0 Å². The molecule has 1 aromatic rings. The number of morpholine rings is 1. The third-order valence-corrected chi connectivity index (χ3v) is 4.17. The second kappa shape index (κ2) is 9.63. The van der Waals surface area contributed by atoms with Crippen molar-refractivity contribution in [2.75, 3.05) is 26.2 Å². The molecule has 6 nitrogen and oxygen atoms in total. The maximum atomic E-state index is 12.2. The standard InChI is InChI=1S/C18H25ClN2O4/c1-13-11-21(12-14(2)25-13)18(23)7-9-20-17(22)8-10-24-16-6-4-3-5-15(16)19/h3-6,13-14H,7-12H2,1-2H3,(H,20,22). The van der Waals surface area contributed by atoms with Crippen molar-refractivity contribution in [2.45, 2.75) is 38.9 Å². The van der Waals surface area contributed by atoms with Crippen molar-refractivity contribution in [3.63, 3.8) is 0 Å². The molecule has 0 radical (unpaired) electrons. The number of amides is 2. The second-order valence-corrected chi connectivity index (χ2v) is 6.59. The number of para-hydroxylation sites is 1. The van der Waals surface area contributed by atoms with Gasteiger partial charge in [-0.15, -0.1) is 0 Å². The lowest BCUT2D eigenvalue weighted by Crippen LogP contribution is -2.48. The van der Waals surface area contributed by atoms with Crippen LogP contribution in [0.2, 0.25) is 5.02 Å². The van der Waals surface area contributed by atoms with Crippen LogP contribution in [0.3, 0.4) is 0 Å². The fourth-order valence-electron chi connectivity index (χ4n) is 2.75.